The van der Waals surface area contributed by atoms with Crippen LogP contribution >= 0.6 is 11.3 Å². The molecule has 0 unspecified atom stereocenters. The van der Waals surface area contributed by atoms with Gasteiger partial charge in [-0.25, -0.2) is 9.18 Å². The minimum absolute atomic E-state index is 0.0309. The van der Waals surface area contributed by atoms with Gasteiger partial charge in [-0.2, -0.15) is 0 Å². The summed E-state index contributed by atoms with van der Waals surface area (Å²) >= 11 is 1.69. The maximum atomic E-state index is 13.5. The molecule has 1 aliphatic rings. The third kappa shape index (κ3) is 4.45. The molecule has 5 nitrogen and oxygen atoms in total. The number of carbonyl (C=O) groups is 2. The second-order valence-electron chi connectivity index (χ2n) is 7.65. The summed E-state index contributed by atoms with van der Waals surface area (Å²) in [6, 6.07) is 7.92. The van der Waals surface area contributed by atoms with Crippen LogP contribution in [0, 0.1) is 5.82 Å². The highest BCUT2D eigenvalue weighted by Gasteiger charge is 2.34. The zero-order chi connectivity index (χ0) is 21.1. The maximum Gasteiger partial charge on any atom is 0.320 e. The van der Waals surface area contributed by atoms with Crippen molar-refractivity contribution in [3.8, 4) is 0 Å². The smallest absolute Gasteiger partial charge is 0.320 e. The fraction of sp³-hybridized carbons (Fsp3) is 0.455. The predicted octanol–water partition coefficient (Wildman–Crippen LogP) is 4.14. The van der Waals surface area contributed by atoms with Crippen LogP contribution in [-0.4, -0.2) is 59.9 Å². The predicted molar refractivity (Wildman–Crippen MR) is 114 cm³/mol. The molecule has 1 aromatic heterocycles. The first kappa shape index (κ1) is 21.3. The van der Waals surface area contributed by atoms with Crippen LogP contribution in [-0.2, 0) is 11.2 Å². The minimum atomic E-state index is -0.299. The molecule has 29 heavy (non-hydrogen) atoms. The zero-order valence-corrected chi connectivity index (χ0v) is 18.2. The van der Waals surface area contributed by atoms with Gasteiger partial charge >= 0.3 is 6.03 Å². The largest absolute Gasteiger partial charge is 0.331 e. The number of benzene rings is 1. The molecule has 0 saturated carbocycles. The molecule has 3 amide bonds. The fourth-order valence-corrected chi connectivity index (χ4v) is 4.62. The molecule has 0 saturated heterocycles. The molecular formula is C22H28FN3O2S. The van der Waals surface area contributed by atoms with Crippen LogP contribution in [0.3, 0.4) is 0 Å². The summed E-state index contributed by atoms with van der Waals surface area (Å²) in [6.45, 7) is 4.58. The van der Waals surface area contributed by atoms with E-state index in [1.807, 2.05) is 30.2 Å². The number of halogens is 1. The van der Waals surface area contributed by atoms with Crippen LogP contribution < -0.4 is 0 Å². The fourth-order valence-electron chi connectivity index (χ4n) is 3.72. The van der Waals surface area contributed by atoms with Gasteiger partial charge in [0.15, 0.2) is 0 Å². The van der Waals surface area contributed by atoms with E-state index in [9.17, 15) is 14.0 Å². The van der Waals surface area contributed by atoms with Crippen molar-refractivity contribution in [2.75, 3.05) is 27.2 Å². The van der Waals surface area contributed by atoms with E-state index in [0.717, 1.165) is 24.0 Å². The quantitative estimate of drug-likeness (QED) is 0.734. The summed E-state index contributed by atoms with van der Waals surface area (Å²) in [7, 11) is 3.39. The molecule has 2 aromatic rings. The number of hydrogen-bond donors (Lipinski definition) is 0. The Balaban J connectivity index is 1.91. The molecule has 7 heteroatoms. The molecule has 2 heterocycles. The third-order valence-corrected chi connectivity index (χ3v) is 6.53. The molecule has 3 rings (SSSR count). The van der Waals surface area contributed by atoms with E-state index in [4.69, 9.17) is 0 Å². The van der Waals surface area contributed by atoms with Gasteiger partial charge in [-0.15, -0.1) is 11.3 Å². The Morgan fingerprint density at radius 1 is 1.24 bits per heavy atom. The van der Waals surface area contributed by atoms with Crippen molar-refractivity contribution >= 4 is 23.3 Å². The lowest BCUT2D eigenvalue weighted by molar-refractivity contribution is -0.134. The van der Waals surface area contributed by atoms with Gasteiger partial charge in [0.2, 0.25) is 5.91 Å². The third-order valence-electron chi connectivity index (χ3n) is 5.53. The van der Waals surface area contributed by atoms with Crippen LogP contribution in [0.25, 0.3) is 0 Å². The number of nitrogens with zero attached hydrogens (tertiary/aromatic N) is 3. The molecular weight excluding hydrogens is 389 g/mol. The Hall–Kier alpha value is -2.41. The van der Waals surface area contributed by atoms with Gasteiger partial charge in [0.1, 0.15) is 12.4 Å². The molecule has 0 bridgehead atoms. The van der Waals surface area contributed by atoms with Crippen molar-refractivity contribution in [3.05, 3.63) is 57.5 Å². The number of hydrogen-bond acceptors (Lipinski definition) is 3. The zero-order valence-electron chi connectivity index (χ0n) is 17.4. The Kier molecular flexibility index (Phi) is 6.57. The molecule has 156 valence electrons. The number of rotatable bonds is 5. The molecule has 0 spiro atoms. The summed E-state index contributed by atoms with van der Waals surface area (Å²) in [4.78, 5) is 32.3. The second-order valence-corrected chi connectivity index (χ2v) is 8.65. The Labute approximate surface area is 175 Å². The first-order valence-electron chi connectivity index (χ1n) is 9.92. The molecule has 0 aliphatic carbocycles. The molecule has 0 fully saturated rings. The molecule has 2 atom stereocenters. The first-order valence-corrected chi connectivity index (χ1v) is 10.8. The highest BCUT2D eigenvalue weighted by atomic mass is 32.1. The molecule has 0 N–H and O–H groups in total. The van der Waals surface area contributed by atoms with E-state index in [2.05, 4.69) is 0 Å². The normalized spacial score (nSPS) is 16.9. The lowest BCUT2D eigenvalue weighted by Crippen LogP contribution is -2.51. The maximum absolute atomic E-state index is 13.5. The monoisotopic (exact) mass is 417 g/mol. The highest BCUT2D eigenvalue weighted by Crippen LogP contribution is 2.38. The van der Waals surface area contributed by atoms with Crippen molar-refractivity contribution in [3.63, 3.8) is 0 Å². The lowest BCUT2D eigenvalue weighted by Gasteiger charge is -2.39. The van der Waals surface area contributed by atoms with E-state index >= 15 is 0 Å². The van der Waals surface area contributed by atoms with Crippen molar-refractivity contribution in [1.29, 1.82) is 0 Å². The number of urea groups is 1. The van der Waals surface area contributed by atoms with Gasteiger partial charge in [0.25, 0.3) is 0 Å². The Bertz CT molecular complexity index is 865. The van der Waals surface area contributed by atoms with E-state index in [1.165, 1.54) is 21.9 Å². The molecule has 1 aromatic carbocycles. The Morgan fingerprint density at radius 2 is 1.93 bits per heavy atom. The minimum Gasteiger partial charge on any atom is -0.331 e. The van der Waals surface area contributed by atoms with Gasteiger partial charge in [-0.05, 0) is 54.5 Å². The van der Waals surface area contributed by atoms with Crippen molar-refractivity contribution in [2.45, 2.75) is 38.8 Å². The summed E-state index contributed by atoms with van der Waals surface area (Å²) in [6.07, 6.45) is 1.56. The summed E-state index contributed by atoms with van der Waals surface area (Å²) < 4.78 is 13.5. The van der Waals surface area contributed by atoms with Gasteiger partial charge in [0.05, 0.1) is 6.04 Å². The van der Waals surface area contributed by atoms with Crippen LogP contribution in [0.4, 0.5) is 9.18 Å². The van der Waals surface area contributed by atoms with Crippen LogP contribution in [0.1, 0.15) is 42.3 Å². The van der Waals surface area contributed by atoms with E-state index in [1.54, 1.807) is 42.5 Å². The van der Waals surface area contributed by atoms with Crippen LogP contribution in [0.2, 0.25) is 0 Å². The van der Waals surface area contributed by atoms with E-state index in [0.29, 0.717) is 6.54 Å². The van der Waals surface area contributed by atoms with Crippen LogP contribution in [0.5, 0.6) is 0 Å². The summed E-state index contributed by atoms with van der Waals surface area (Å²) in [5, 5.41) is 2.04. The van der Waals surface area contributed by atoms with Gasteiger partial charge in [-0.3, -0.25) is 4.79 Å². The standard InChI is InChI=1S/C22H28FN3O2S/c1-5-15(2)26(22(28)24(3)4)14-20(27)25-12-10-19-18(11-13-29-19)21(25)16-6-8-17(23)9-7-16/h6-9,11,13,15,21H,5,10,12,14H2,1-4H3/t15-,21-/m0/s1. The van der Waals surface area contributed by atoms with Crippen LogP contribution in [0.15, 0.2) is 35.7 Å². The van der Waals surface area contributed by atoms with E-state index in [-0.39, 0.29) is 36.4 Å². The van der Waals surface area contributed by atoms with Gasteiger partial charge in [-0.1, -0.05) is 19.1 Å². The van der Waals surface area contributed by atoms with E-state index < -0.39 is 0 Å². The number of fused-ring (bicyclic) bond motifs is 1. The first-order chi connectivity index (χ1) is 13.8. The van der Waals surface area contributed by atoms with Gasteiger partial charge < -0.3 is 14.7 Å². The highest BCUT2D eigenvalue weighted by molar-refractivity contribution is 7.10. The lowest BCUT2D eigenvalue weighted by atomic mass is 9.93. The summed E-state index contributed by atoms with van der Waals surface area (Å²) in [5.41, 5.74) is 1.98. The number of amides is 3. The van der Waals surface area contributed by atoms with Crippen molar-refractivity contribution in [1.82, 2.24) is 14.7 Å². The summed E-state index contributed by atoms with van der Waals surface area (Å²) in [5.74, 6) is -0.390. The van der Waals surface area contributed by atoms with Crippen molar-refractivity contribution < 1.29 is 14.0 Å². The molecule has 0 radical (unpaired) electrons. The second kappa shape index (κ2) is 8.95. The molecule has 1 aliphatic heterocycles. The van der Waals surface area contributed by atoms with Crippen molar-refractivity contribution in [2.24, 2.45) is 0 Å². The average Bonchev–Trinajstić information content (AvgIpc) is 3.19. The average molecular weight is 418 g/mol. The topological polar surface area (TPSA) is 43.9 Å². The SMILES string of the molecule is CC[C@H](C)N(CC(=O)N1CCc2sccc2[C@@H]1c1ccc(F)cc1)C(=O)N(C)C. The Morgan fingerprint density at radius 3 is 2.55 bits per heavy atom. The number of carbonyl (C=O) groups excluding carboxylic acids is 2. The van der Waals surface area contributed by atoms with Gasteiger partial charge in [0, 0.05) is 31.6 Å². The number of thiophene rings is 1.